The lowest BCUT2D eigenvalue weighted by Crippen LogP contribution is -2.26. The molecule has 1 heterocycles. The van der Waals surface area contributed by atoms with Crippen LogP contribution in [0.2, 0.25) is 0 Å². The van der Waals surface area contributed by atoms with E-state index >= 15 is 0 Å². The molecule has 144 valence electrons. The highest BCUT2D eigenvalue weighted by Crippen LogP contribution is 2.13. The Balaban J connectivity index is 1.47. The molecule has 0 fully saturated rings. The van der Waals surface area contributed by atoms with Crippen molar-refractivity contribution in [1.29, 1.82) is 0 Å². The van der Waals surface area contributed by atoms with Gasteiger partial charge in [0.05, 0.1) is 18.4 Å². The Labute approximate surface area is 165 Å². The van der Waals surface area contributed by atoms with E-state index in [9.17, 15) is 4.79 Å². The molecule has 2 aromatic carbocycles. The summed E-state index contributed by atoms with van der Waals surface area (Å²) >= 11 is 0. The molecule has 0 bridgehead atoms. The maximum absolute atomic E-state index is 12.4. The van der Waals surface area contributed by atoms with E-state index in [4.69, 9.17) is 4.74 Å². The van der Waals surface area contributed by atoms with Gasteiger partial charge in [-0.3, -0.25) is 9.78 Å². The van der Waals surface area contributed by atoms with Crippen molar-refractivity contribution in [2.75, 3.05) is 25.5 Å². The number of nitrogens with one attached hydrogen (secondary N) is 2. The van der Waals surface area contributed by atoms with Gasteiger partial charge in [0.25, 0.3) is 5.91 Å². The van der Waals surface area contributed by atoms with E-state index in [0.717, 1.165) is 36.4 Å². The minimum Gasteiger partial charge on any atom is -0.497 e. The van der Waals surface area contributed by atoms with Crippen LogP contribution in [-0.2, 0) is 12.8 Å². The zero-order valence-corrected chi connectivity index (χ0v) is 16.0. The quantitative estimate of drug-likeness (QED) is 0.598. The monoisotopic (exact) mass is 375 g/mol. The normalized spacial score (nSPS) is 10.3. The number of hydrogen-bond donors (Lipinski definition) is 2. The summed E-state index contributed by atoms with van der Waals surface area (Å²) in [6.45, 7) is 1.34. The first-order valence-electron chi connectivity index (χ1n) is 9.38. The highest BCUT2D eigenvalue weighted by atomic mass is 16.5. The van der Waals surface area contributed by atoms with Crippen LogP contribution in [0.25, 0.3) is 0 Å². The van der Waals surface area contributed by atoms with E-state index in [-0.39, 0.29) is 5.91 Å². The van der Waals surface area contributed by atoms with E-state index in [1.54, 1.807) is 19.5 Å². The lowest BCUT2D eigenvalue weighted by atomic mass is 10.1. The molecule has 0 saturated carbocycles. The van der Waals surface area contributed by atoms with Gasteiger partial charge in [-0.1, -0.05) is 42.5 Å². The average molecular weight is 375 g/mol. The molecule has 0 aliphatic heterocycles. The Morgan fingerprint density at radius 2 is 1.71 bits per heavy atom. The molecule has 0 radical (unpaired) electrons. The molecule has 3 aromatic rings. The number of amides is 1. The fraction of sp³-hybridized carbons (Fsp3) is 0.217. The molecule has 0 unspecified atom stereocenters. The smallest absolute Gasteiger partial charge is 0.252 e. The van der Waals surface area contributed by atoms with Crippen LogP contribution in [0.1, 0.15) is 21.5 Å². The van der Waals surface area contributed by atoms with Gasteiger partial charge < -0.3 is 15.4 Å². The minimum atomic E-state index is -0.123. The minimum absolute atomic E-state index is 0.123. The molecule has 5 nitrogen and oxygen atoms in total. The Kier molecular flexibility index (Phi) is 7.01. The van der Waals surface area contributed by atoms with Gasteiger partial charge >= 0.3 is 0 Å². The Morgan fingerprint density at radius 3 is 2.54 bits per heavy atom. The van der Waals surface area contributed by atoms with E-state index in [1.165, 1.54) is 5.56 Å². The summed E-state index contributed by atoms with van der Waals surface area (Å²) in [6.07, 6.45) is 4.98. The maximum atomic E-state index is 12.4. The molecule has 28 heavy (non-hydrogen) atoms. The van der Waals surface area contributed by atoms with E-state index < -0.39 is 0 Å². The van der Waals surface area contributed by atoms with Gasteiger partial charge in [-0.2, -0.15) is 0 Å². The van der Waals surface area contributed by atoms with Crippen molar-refractivity contribution in [3.63, 3.8) is 0 Å². The van der Waals surface area contributed by atoms with Gasteiger partial charge in [0.2, 0.25) is 0 Å². The van der Waals surface area contributed by atoms with E-state index in [2.05, 4.69) is 27.8 Å². The summed E-state index contributed by atoms with van der Waals surface area (Å²) in [7, 11) is 1.65. The first-order chi connectivity index (χ1) is 13.7. The Hall–Kier alpha value is -3.34. The number of hydrogen-bond acceptors (Lipinski definition) is 4. The second-order valence-corrected chi connectivity index (χ2v) is 6.48. The molecule has 0 atom stereocenters. The van der Waals surface area contributed by atoms with Gasteiger partial charge in [-0.15, -0.1) is 0 Å². The fourth-order valence-electron chi connectivity index (χ4n) is 2.91. The van der Waals surface area contributed by atoms with Crippen molar-refractivity contribution in [2.24, 2.45) is 0 Å². The second-order valence-electron chi connectivity index (χ2n) is 6.48. The number of anilines is 1. The Bertz CT molecular complexity index is 897. The SMILES string of the molecule is COc1cccc(CCNC(=O)c2cncc(NCCc3ccccc3)c2)c1. The van der Waals surface area contributed by atoms with Crippen LogP contribution >= 0.6 is 0 Å². The number of rotatable bonds is 9. The van der Waals surface area contributed by atoms with Gasteiger partial charge in [-0.25, -0.2) is 0 Å². The number of carbonyl (C=O) groups excluding carboxylic acids is 1. The molecular weight excluding hydrogens is 350 g/mol. The van der Waals surface area contributed by atoms with Crippen LogP contribution in [0.3, 0.4) is 0 Å². The molecule has 1 aromatic heterocycles. The van der Waals surface area contributed by atoms with Gasteiger partial charge in [0.15, 0.2) is 0 Å². The van der Waals surface area contributed by atoms with Crippen LogP contribution in [0.5, 0.6) is 5.75 Å². The summed E-state index contributed by atoms with van der Waals surface area (Å²) < 4.78 is 5.22. The molecule has 1 amide bonds. The van der Waals surface area contributed by atoms with Crippen molar-refractivity contribution in [1.82, 2.24) is 10.3 Å². The largest absolute Gasteiger partial charge is 0.497 e. The maximum Gasteiger partial charge on any atom is 0.252 e. The van der Waals surface area contributed by atoms with Crippen molar-refractivity contribution in [3.8, 4) is 5.75 Å². The first kappa shape index (κ1) is 19.4. The molecule has 0 aliphatic rings. The molecule has 0 saturated heterocycles. The second kappa shape index (κ2) is 10.1. The third kappa shape index (κ3) is 5.84. The molecule has 0 aliphatic carbocycles. The van der Waals surface area contributed by atoms with Crippen molar-refractivity contribution in [2.45, 2.75) is 12.8 Å². The molecular formula is C23H25N3O2. The number of aromatic nitrogens is 1. The van der Waals surface area contributed by atoms with E-state index in [1.807, 2.05) is 48.5 Å². The predicted molar refractivity (Wildman–Crippen MR) is 112 cm³/mol. The van der Waals surface area contributed by atoms with Crippen LogP contribution < -0.4 is 15.4 Å². The van der Waals surface area contributed by atoms with Gasteiger partial charge in [0, 0.05) is 25.5 Å². The number of carbonyl (C=O) groups is 1. The number of pyridine rings is 1. The number of benzene rings is 2. The van der Waals surface area contributed by atoms with Gasteiger partial charge in [-0.05, 0) is 42.2 Å². The lowest BCUT2D eigenvalue weighted by Gasteiger charge is -2.09. The van der Waals surface area contributed by atoms with Gasteiger partial charge in [0.1, 0.15) is 5.75 Å². The predicted octanol–water partition coefficient (Wildman–Crippen LogP) is 3.72. The number of ether oxygens (including phenoxy) is 1. The van der Waals surface area contributed by atoms with Crippen molar-refractivity contribution >= 4 is 11.6 Å². The van der Waals surface area contributed by atoms with Crippen molar-refractivity contribution in [3.05, 3.63) is 89.7 Å². The van der Waals surface area contributed by atoms with Crippen LogP contribution in [-0.4, -0.2) is 31.1 Å². The number of methoxy groups -OCH3 is 1. The zero-order chi connectivity index (χ0) is 19.6. The van der Waals surface area contributed by atoms with E-state index in [0.29, 0.717) is 12.1 Å². The summed E-state index contributed by atoms with van der Waals surface area (Å²) in [4.78, 5) is 16.6. The lowest BCUT2D eigenvalue weighted by molar-refractivity contribution is 0.0954. The van der Waals surface area contributed by atoms with Crippen LogP contribution in [0.4, 0.5) is 5.69 Å². The summed E-state index contributed by atoms with van der Waals surface area (Å²) in [5.74, 6) is 0.699. The third-order valence-electron chi connectivity index (χ3n) is 4.42. The zero-order valence-electron chi connectivity index (χ0n) is 16.0. The van der Waals surface area contributed by atoms with Crippen LogP contribution in [0, 0.1) is 0 Å². The topological polar surface area (TPSA) is 63.2 Å². The fourth-order valence-corrected chi connectivity index (χ4v) is 2.91. The summed E-state index contributed by atoms with van der Waals surface area (Å²) in [5, 5.41) is 6.27. The molecule has 2 N–H and O–H groups in total. The highest BCUT2D eigenvalue weighted by Gasteiger charge is 2.07. The average Bonchev–Trinajstić information content (AvgIpc) is 2.75. The van der Waals surface area contributed by atoms with Crippen molar-refractivity contribution < 1.29 is 9.53 Å². The third-order valence-corrected chi connectivity index (χ3v) is 4.42. The summed E-state index contributed by atoms with van der Waals surface area (Å²) in [5.41, 5.74) is 3.79. The molecule has 0 spiro atoms. The molecule has 3 rings (SSSR count). The Morgan fingerprint density at radius 1 is 0.929 bits per heavy atom. The van der Waals surface area contributed by atoms with Crippen LogP contribution in [0.15, 0.2) is 73.1 Å². The number of nitrogens with zero attached hydrogens (tertiary/aromatic N) is 1. The first-order valence-corrected chi connectivity index (χ1v) is 9.38. The standard InChI is InChI=1S/C23H25N3O2/c1-28-22-9-5-8-19(14-22)11-13-26-23(27)20-15-21(17-24-16-20)25-12-10-18-6-3-2-4-7-18/h2-9,14-17,25H,10-13H2,1H3,(H,26,27). The molecule has 5 heteroatoms. The summed E-state index contributed by atoms with van der Waals surface area (Å²) in [6, 6.07) is 20.0. The highest BCUT2D eigenvalue weighted by molar-refractivity contribution is 5.94.